The fourth-order valence-electron chi connectivity index (χ4n) is 0.705. The van der Waals surface area contributed by atoms with Crippen molar-refractivity contribution >= 4 is 20.1 Å². The quantitative estimate of drug-likeness (QED) is 0.433. The highest BCUT2D eigenvalue weighted by Gasteiger charge is 2.14. The summed E-state index contributed by atoms with van der Waals surface area (Å²) in [5.41, 5.74) is 0.873. The highest BCUT2D eigenvalue weighted by molar-refractivity contribution is 7.77. The molecule has 2 nitrogen and oxygen atoms in total. The van der Waals surface area contributed by atoms with Gasteiger partial charge in [0, 0.05) is 22.0 Å². The molecule has 46 valence electrons. The molecule has 0 saturated heterocycles. The minimum Gasteiger partial charge on any atom is -0.579 e. The molecule has 1 atom stereocenters. The smallest absolute Gasteiger partial charge is 0.213 e. The van der Waals surface area contributed by atoms with Gasteiger partial charge in [-0.2, -0.15) is 0 Å². The summed E-state index contributed by atoms with van der Waals surface area (Å²) in [6, 6.07) is 1.79. The second kappa shape index (κ2) is 1.76. The van der Waals surface area contributed by atoms with Crippen LogP contribution in [0.4, 0.5) is 0 Å². The molecule has 2 aliphatic heterocycles. The molecule has 0 N–H and O–H groups in total. The van der Waals surface area contributed by atoms with Gasteiger partial charge in [-0.15, -0.1) is 0 Å². The molecular formula is C5H3NOS2. The lowest BCUT2D eigenvalue weighted by atomic mass is 10.4. The van der Waals surface area contributed by atoms with E-state index in [1.165, 1.54) is 10.3 Å². The predicted molar refractivity (Wildman–Crippen MR) is 37.4 cm³/mol. The van der Waals surface area contributed by atoms with Crippen LogP contribution in [0.15, 0.2) is 17.6 Å². The van der Waals surface area contributed by atoms with Crippen molar-refractivity contribution < 1.29 is 4.55 Å². The Balaban J connectivity index is 2.79. The number of nitrogens with zero attached hydrogens (tertiary/aromatic N) is 1. The Bertz CT molecular complexity index is 287. The molecule has 0 fully saturated rings. The summed E-state index contributed by atoms with van der Waals surface area (Å²) in [4.78, 5) is 4.84. The highest BCUT2D eigenvalue weighted by atomic mass is 32.9. The minimum atomic E-state index is -0.868. The van der Waals surface area contributed by atoms with Crippen molar-refractivity contribution in [3.63, 3.8) is 0 Å². The van der Waals surface area contributed by atoms with Crippen LogP contribution in [-0.2, 0) is 0 Å². The average Bonchev–Trinajstić information content (AvgIpc) is 2.35. The molecule has 0 amide bonds. The Morgan fingerprint density at radius 1 is 1.67 bits per heavy atom. The van der Waals surface area contributed by atoms with E-state index in [0.29, 0.717) is 0 Å². The summed E-state index contributed by atoms with van der Waals surface area (Å²) in [6.07, 6.45) is 1.68. The molecule has 0 aromatic carbocycles. The van der Waals surface area contributed by atoms with E-state index in [1.54, 1.807) is 12.3 Å². The molecule has 4 heteroatoms. The molecule has 0 spiro atoms. The van der Waals surface area contributed by atoms with Crippen LogP contribution in [0, 0.1) is 0 Å². The van der Waals surface area contributed by atoms with Crippen molar-refractivity contribution in [1.29, 1.82) is 0 Å². The van der Waals surface area contributed by atoms with Crippen LogP contribution in [0.3, 0.4) is 0 Å². The van der Waals surface area contributed by atoms with Gasteiger partial charge in [0.25, 0.3) is 0 Å². The van der Waals surface area contributed by atoms with Crippen molar-refractivity contribution in [3.05, 3.63) is 17.6 Å². The van der Waals surface area contributed by atoms with Crippen molar-refractivity contribution in [2.45, 2.75) is 0 Å². The Labute approximate surface area is 58.3 Å². The van der Waals surface area contributed by atoms with Gasteiger partial charge in [-0.1, -0.05) is 0 Å². The molecule has 0 radical (unpaired) electrons. The second-order valence-electron chi connectivity index (χ2n) is 1.64. The molecule has 0 aromatic rings. The molecule has 0 aromatic heterocycles. The normalized spacial score (nSPS) is 12.8. The van der Waals surface area contributed by atoms with Crippen molar-refractivity contribution in [1.82, 2.24) is 4.98 Å². The Morgan fingerprint density at radius 2 is 2.56 bits per heavy atom. The van der Waals surface area contributed by atoms with Crippen LogP contribution in [0.5, 0.6) is 0 Å². The first kappa shape index (κ1) is 5.34. The summed E-state index contributed by atoms with van der Waals surface area (Å²) in [5, 5.41) is 1.82. The van der Waals surface area contributed by atoms with Crippen molar-refractivity contribution in [3.8, 4) is 10.6 Å². The molecule has 0 bridgehead atoms. The molecular weight excluding hydrogens is 154 g/mol. The zero-order valence-corrected chi connectivity index (χ0v) is 6.04. The maximum absolute atomic E-state index is 10.9. The van der Waals surface area contributed by atoms with E-state index in [2.05, 4.69) is 4.98 Å². The summed E-state index contributed by atoms with van der Waals surface area (Å²) in [7, 11) is 0.449. The Morgan fingerprint density at radius 3 is 3.33 bits per heavy atom. The van der Waals surface area contributed by atoms with Gasteiger partial charge in [-0.3, -0.25) is 0 Å². The van der Waals surface area contributed by atoms with Crippen molar-refractivity contribution in [2.24, 2.45) is 0 Å². The largest absolute Gasteiger partial charge is 0.579 e. The molecule has 9 heavy (non-hydrogen) atoms. The van der Waals surface area contributed by atoms with Crippen LogP contribution in [0.2, 0.25) is 0 Å². The molecule has 2 aliphatic rings. The van der Waals surface area contributed by atoms with Crippen LogP contribution in [0.1, 0.15) is 0 Å². The standard InChI is InChI=1S/C5H3NOS2/c7-9-5-1-2-6-4(5)3-8-9/h1-3H. The lowest BCUT2D eigenvalue weighted by Crippen LogP contribution is -1.61. The first-order valence-electron chi connectivity index (χ1n) is 2.42. The zero-order valence-electron chi connectivity index (χ0n) is 4.40. The van der Waals surface area contributed by atoms with Gasteiger partial charge in [0.15, 0.2) is 0 Å². The van der Waals surface area contributed by atoms with Gasteiger partial charge in [-0.25, -0.2) is 4.98 Å². The zero-order chi connectivity index (χ0) is 6.27. The van der Waals surface area contributed by atoms with Gasteiger partial charge in [0.05, 0.1) is 15.7 Å². The maximum atomic E-state index is 10.9. The van der Waals surface area contributed by atoms with E-state index in [9.17, 15) is 4.55 Å². The number of rotatable bonds is 0. The first-order valence-corrected chi connectivity index (χ1v) is 4.96. The van der Waals surface area contributed by atoms with Gasteiger partial charge in [-0.05, 0) is 0 Å². The number of aromatic nitrogens is 1. The topological polar surface area (TPSA) is 36.0 Å². The van der Waals surface area contributed by atoms with Gasteiger partial charge in [0.2, 0.25) is 4.88 Å². The average molecular weight is 157 g/mol. The third-order valence-corrected chi connectivity index (χ3v) is 3.67. The van der Waals surface area contributed by atoms with Crippen LogP contribution >= 0.6 is 20.1 Å². The Hall–Kier alpha value is -0.450. The van der Waals surface area contributed by atoms with E-state index in [-0.39, 0.29) is 0 Å². The summed E-state index contributed by atoms with van der Waals surface area (Å²) < 4.78 is 10.9. The third kappa shape index (κ3) is 0.676. The number of hydrogen-bond acceptors (Lipinski definition) is 3. The molecule has 0 saturated carbocycles. The van der Waals surface area contributed by atoms with E-state index in [1.807, 2.05) is 5.38 Å². The summed E-state index contributed by atoms with van der Waals surface area (Å²) >= 11 is 0. The fourth-order valence-corrected chi connectivity index (χ4v) is 2.97. The summed E-state index contributed by atoms with van der Waals surface area (Å²) in [6.45, 7) is 0. The molecule has 2 rings (SSSR count). The van der Waals surface area contributed by atoms with Gasteiger partial charge < -0.3 is 4.55 Å². The lowest BCUT2D eigenvalue weighted by molar-refractivity contribution is 0.603. The van der Waals surface area contributed by atoms with Gasteiger partial charge >= 0.3 is 0 Å². The molecule has 0 aliphatic carbocycles. The fraction of sp³-hybridized carbons (Fsp3) is 0. The lowest BCUT2D eigenvalue weighted by Gasteiger charge is -1.81. The highest BCUT2D eigenvalue weighted by Crippen LogP contribution is 2.37. The van der Waals surface area contributed by atoms with Crippen LogP contribution < -0.4 is 0 Å². The van der Waals surface area contributed by atoms with Crippen LogP contribution in [-0.4, -0.2) is 9.54 Å². The third-order valence-electron chi connectivity index (χ3n) is 1.12. The molecule has 1 unspecified atom stereocenters. The summed E-state index contributed by atoms with van der Waals surface area (Å²) in [5.74, 6) is 0. The Kier molecular flexibility index (Phi) is 1.05. The predicted octanol–water partition coefficient (Wildman–Crippen LogP) is 1.98. The van der Waals surface area contributed by atoms with E-state index < -0.39 is 9.75 Å². The van der Waals surface area contributed by atoms with E-state index >= 15 is 0 Å². The van der Waals surface area contributed by atoms with E-state index in [0.717, 1.165) is 10.6 Å². The maximum Gasteiger partial charge on any atom is 0.213 e. The minimum absolute atomic E-state index is 0.861. The molecule has 2 heterocycles. The SMILES string of the molecule is [O-][s+]1scc2nccc1-2. The monoisotopic (exact) mass is 157 g/mol. The number of fused-ring (bicyclic) bond motifs is 1. The number of hydrogen-bond donors (Lipinski definition) is 0. The van der Waals surface area contributed by atoms with E-state index in [4.69, 9.17) is 0 Å². The van der Waals surface area contributed by atoms with Gasteiger partial charge in [0.1, 0.15) is 5.69 Å². The second-order valence-corrected chi connectivity index (χ2v) is 4.47. The van der Waals surface area contributed by atoms with Crippen LogP contribution in [0.25, 0.3) is 10.6 Å². The van der Waals surface area contributed by atoms with Crippen molar-refractivity contribution in [2.75, 3.05) is 0 Å². The first-order chi connectivity index (χ1) is 4.38.